The van der Waals surface area contributed by atoms with Gasteiger partial charge in [-0.2, -0.15) is 11.8 Å². The average molecular weight is 302 g/mol. The topological polar surface area (TPSA) is 68.1 Å². The number of pyridine rings is 1. The predicted octanol–water partition coefficient (Wildman–Crippen LogP) is 3.73. The molecule has 1 aromatic heterocycles. The number of nitrogens with zero attached hydrogens (tertiary/aromatic N) is 2. The van der Waals surface area contributed by atoms with Gasteiger partial charge in [0, 0.05) is 23.6 Å². The second kappa shape index (κ2) is 6.43. The molecule has 2 unspecified atom stereocenters. The number of hydrogen-bond acceptors (Lipinski definition) is 5. The maximum Gasteiger partial charge on any atom is 0.312 e. The van der Waals surface area contributed by atoms with Crippen LogP contribution in [0.1, 0.15) is 26.2 Å². The molecule has 0 radical (unpaired) electrons. The average Bonchev–Trinajstić information content (AvgIpc) is 2.79. The van der Waals surface area contributed by atoms with Crippen LogP contribution in [0.15, 0.2) is 12.3 Å². The minimum absolute atomic E-state index is 0.0559. The van der Waals surface area contributed by atoms with E-state index >= 15 is 0 Å². The van der Waals surface area contributed by atoms with Crippen LogP contribution < -0.4 is 5.32 Å². The zero-order valence-corrected chi connectivity index (χ0v) is 12.2. The molecule has 5 nitrogen and oxygen atoms in total. The SMILES string of the molecule is CCSC1CCCC1Nc1ncc(Cl)cc1[N+](=O)[O-]. The van der Waals surface area contributed by atoms with Crippen LogP contribution >= 0.6 is 23.4 Å². The largest absolute Gasteiger partial charge is 0.360 e. The molecular formula is C12H16ClN3O2S. The zero-order valence-electron chi connectivity index (χ0n) is 10.6. The molecule has 1 N–H and O–H groups in total. The molecule has 19 heavy (non-hydrogen) atoms. The molecule has 1 heterocycles. The molecule has 1 saturated carbocycles. The molecule has 0 spiro atoms. The van der Waals surface area contributed by atoms with E-state index in [4.69, 9.17) is 11.6 Å². The Hall–Kier alpha value is -1.01. The fourth-order valence-corrected chi connectivity index (χ4v) is 3.71. The first-order chi connectivity index (χ1) is 9.11. The van der Waals surface area contributed by atoms with Crippen molar-refractivity contribution in [2.75, 3.05) is 11.1 Å². The molecule has 2 rings (SSSR count). The monoisotopic (exact) mass is 301 g/mol. The van der Waals surface area contributed by atoms with Crippen molar-refractivity contribution in [1.82, 2.24) is 4.98 Å². The van der Waals surface area contributed by atoms with Gasteiger partial charge < -0.3 is 5.32 Å². The third-order valence-corrected chi connectivity index (χ3v) is 4.72. The Bertz CT molecular complexity index is 472. The number of aromatic nitrogens is 1. The summed E-state index contributed by atoms with van der Waals surface area (Å²) in [5.41, 5.74) is -0.0559. The first-order valence-corrected chi connectivity index (χ1v) is 7.72. The van der Waals surface area contributed by atoms with Gasteiger partial charge in [0.1, 0.15) is 0 Å². The van der Waals surface area contributed by atoms with E-state index in [2.05, 4.69) is 17.2 Å². The van der Waals surface area contributed by atoms with Crippen molar-refractivity contribution in [3.05, 3.63) is 27.4 Å². The maximum absolute atomic E-state index is 11.0. The van der Waals surface area contributed by atoms with E-state index in [1.807, 2.05) is 11.8 Å². The van der Waals surface area contributed by atoms with Gasteiger partial charge in [-0.15, -0.1) is 0 Å². The van der Waals surface area contributed by atoms with Crippen LogP contribution in [-0.4, -0.2) is 27.0 Å². The van der Waals surface area contributed by atoms with Gasteiger partial charge in [-0.1, -0.05) is 24.9 Å². The van der Waals surface area contributed by atoms with Crippen LogP contribution in [0, 0.1) is 10.1 Å². The lowest BCUT2D eigenvalue weighted by Gasteiger charge is -2.20. The molecule has 0 amide bonds. The Labute approximate surface area is 121 Å². The first-order valence-electron chi connectivity index (χ1n) is 6.30. The van der Waals surface area contributed by atoms with Gasteiger partial charge in [-0.3, -0.25) is 10.1 Å². The summed E-state index contributed by atoms with van der Waals surface area (Å²) in [7, 11) is 0. The highest BCUT2D eigenvalue weighted by atomic mass is 35.5. The standard InChI is InChI=1S/C12H16ClN3O2S/c1-2-19-11-5-3-4-9(11)15-12-10(16(17)18)6-8(13)7-14-12/h6-7,9,11H,2-5H2,1H3,(H,14,15). The van der Waals surface area contributed by atoms with Gasteiger partial charge in [-0.25, -0.2) is 4.98 Å². The first kappa shape index (κ1) is 14.4. The molecule has 1 aliphatic rings. The van der Waals surface area contributed by atoms with Gasteiger partial charge >= 0.3 is 5.69 Å². The van der Waals surface area contributed by atoms with E-state index in [1.165, 1.54) is 12.3 Å². The van der Waals surface area contributed by atoms with Crippen molar-refractivity contribution < 1.29 is 4.92 Å². The second-order valence-electron chi connectivity index (χ2n) is 4.45. The Morgan fingerprint density at radius 2 is 2.42 bits per heavy atom. The summed E-state index contributed by atoms with van der Waals surface area (Å²) >= 11 is 7.65. The second-order valence-corrected chi connectivity index (χ2v) is 6.41. The fourth-order valence-electron chi connectivity index (χ4n) is 2.36. The number of nitrogens with one attached hydrogen (secondary N) is 1. The number of hydrogen-bond donors (Lipinski definition) is 1. The van der Waals surface area contributed by atoms with Gasteiger partial charge in [0.2, 0.25) is 5.82 Å². The van der Waals surface area contributed by atoms with Gasteiger partial charge in [0.05, 0.1) is 9.95 Å². The van der Waals surface area contributed by atoms with Crippen molar-refractivity contribution in [1.29, 1.82) is 0 Å². The maximum atomic E-state index is 11.0. The smallest absolute Gasteiger partial charge is 0.312 e. The van der Waals surface area contributed by atoms with Crippen LogP contribution in [0.4, 0.5) is 11.5 Å². The number of nitro groups is 1. The summed E-state index contributed by atoms with van der Waals surface area (Å²) in [4.78, 5) is 14.6. The van der Waals surface area contributed by atoms with Crippen molar-refractivity contribution >= 4 is 34.9 Å². The molecule has 104 valence electrons. The van der Waals surface area contributed by atoms with Crippen molar-refractivity contribution in [3.63, 3.8) is 0 Å². The molecule has 0 saturated heterocycles. The van der Waals surface area contributed by atoms with Crippen LogP contribution in [0.5, 0.6) is 0 Å². The number of halogens is 1. The highest BCUT2D eigenvalue weighted by molar-refractivity contribution is 7.99. The predicted molar refractivity (Wildman–Crippen MR) is 79.1 cm³/mol. The van der Waals surface area contributed by atoms with E-state index in [1.54, 1.807) is 0 Å². The molecule has 0 bridgehead atoms. The summed E-state index contributed by atoms with van der Waals surface area (Å²) in [5.74, 6) is 1.38. The molecule has 2 atom stereocenters. The van der Waals surface area contributed by atoms with Crippen LogP contribution in [-0.2, 0) is 0 Å². The highest BCUT2D eigenvalue weighted by Crippen LogP contribution is 2.34. The summed E-state index contributed by atoms with van der Waals surface area (Å²) < 4.78 is 0. The lowest BCUT2D eigenvalue weighted by molar-refractivity contribution is -0.384. The summed E-state index contributed by atoms with van der Waals surface area (Å²) in [5, 5.41) is 15.0. The number of anilines is 1. The van der Waals surface area contributed by atoms with Gasteiger partial charge in [0.15, 0.2) is 0 Å². The van der Waals surface area contributed by atoms with Crippen molar-refractivity contribution in [2.24, 2.45) is 0 Å². The Balaban J connectivity index is 2.16. The van der Waals surface area contributed by atoms with Crippen LogP contribution in [0.2, 0.25) is 5.02 Å². The third kappa shape index (κ3) is 3.51. The molecule has 1 fully saturated rings. The van der Waals surface area contributed by atoms with E-state index in [-0.39, 0.29) is 16.8 Å². The lowest BCUT2D eigenvalue weighted by Crippen LogP contribution is -2.27. The quantitative estimate of drug-likeness (QED) is 0.663. The van der Waals surface area contributed by atoms with Gasteiger partial charge in [0.25, 0.3) is 0 Å². The Morgan fingerprint density at radius 1 is 1.63 bits per heavy atom. The van der Waals surface area contributed by atoms with E-state index in [0.717, 1.165) is 25.0 Å². The number of rotatable bonds is 5. The minimum Gasteiger partial charge on any atom is -0.360 e. The third-order valence-electron chi connectivity index (χ3n) is 3.19. The van der Waals surface area contributed by atoms with Crippen LogP contribution in [0.25, 0.3) is 0 Å². The zero-order chi connectivity index (χ0) is 13.8. The summed E-state index contributed by atoms with van der Waals surface area (Å²) in [6.07, 6.45) is 4.77. The highest BCUT2D eigenvalue weighted by Gasteiger charge is 2.29. The molecule has 1 aliphatic carbocycles. The summed E-state index contributed by atoms with van der Waals surface area (Å²) in [6.45, 7) is 2.13. The van der Waals surface area contributed by atoms with Crippen molar-refractivity contribution in [2.45, 2.75) is 37.5 Å². The molecule has 0 aliphatic heterocycles. The molecule has 0 aromatic carbocycles. The van der Waals surface area contributed by atoms with Crippen molar-refractivity contribution in [3.8, 4) is 0 Å². The summed E-state index contributed by atoms with van der Waals surface area (Å²) in [6, 6.07) is 1.59. The van der Waals surface area contributed by atoms with E-state index < -0.39 is 4.92 Å². The normalized spacial score (nSPS) is 22.4. The van der Waals surface area contributed by atoms with Crippen LogP contribution in [0.3, 0.4) is 0 Å². The Morgan fingerprint density at radius 3 is 3.11 bits per heavy atom. The minimum atomic E-state index is -0.446. The van der Waals surface area contributed by atoms with Gasteiger partial charge in [-0.05, 0) is 18.6 Å². The molecule has 1 aromatic rings. The lowest BCUT2D eigenvalue weighted by atomic mass is 10.2. The van der Waals surface area contributed by atoms with E-state index in [0.29, 0.717) is 11.1 Å². The number of thioether (sulfide) groups is 1. The van der Waals surface area contributed by atoms with E-state index in [9.17, 15) is 10.1 Å². The Kier molecular flexibility index (Phi) is 4.87. The molecular weight excluding hydrogens is 286 g/mol. The molecule has 7 heteroatoms. The fraction of sp³-hybridized carbons (Fsp3) is 0.583.